The molecule has 0 aromatic heterocycles. The Hall–Kier alpha value is -1.08. The van der Waals surface area contributed by atoms with Crippen molar-refractivity contribution in [1.82, 2.24) is 0 Å². The van der Waals surface area contributed by atoms with Crippen LogP contribution in [0.5, 0.6) is 0 Å². The number of benzene rings is 1. The molecule has 1 heterocycles. The predicted molar refractivity (Wildman–Crippen MR) is 71.6 cm³/mol. The fourth-order valence-corrected chi connectivity index (χ4v) is 4.98. The Kier molecular flexibility index (Phi) is 3.63. The van der Waals surface area contributed by atoms with Gasteiger partial charge >= 0.3 is 5.97 Å². The van der Waals surface area contributed by atoms with Gasteiger partial charge in [-0.05, 0) is 12.1 Å². The van der Waals surface area contributed by atoms with E-state index in [1.165, 1.54) is 11.4 Å². The van der Waals surface area contributed by atoms with Crippen molar-refractivity contribution in [3.05, 3.63) is 29.8 Å². The minimum Gasteiger partial charge on any atom is -0.465 e. The molecule has 18 heavy (non-hydrogen) atoms. The Labute approximate surface area is 114 Å². The van der Waals surface area contributed by atoms with Gasteiger partial charge in [-0.3, -0.25) is 4.31 Å². The van der Waals surface area contributed by atoms with Gasteiger partial charge in [0.2, 0.25) is 10.0 Å². The summed E-state index contributed by atoms with van der Waals surface area (Å²) >= 11 is 3.29. The number of carbonyl (C=O) groups excluding carboxylic acids is 1. The van der Waals surface area contributed by atoms with Gasteiger partial charge in [0.05, 0.1) is 24.1 Å². The van der Waals surface area contributed by atoms with Crippen LogP contribution < -0.4 is 4.31 Å². The van der Waals surface area contributed by atoms with Crippen LogP contribution >= 0.6 is 15.9 Å². The highest BCUT2D eigenvalue weighted by Gasteiger charge is 2.36. The molecule has 1 atom stereocenters. The minimum absolute atomic E-state index is 0.0303. The molecule has 5 nitrogen and oxygen atoms in total. The highest BCUT2D eigenvalue weighted by Crippen LogP contribution is 2.30. The standard InChI is InChI=1S/C11H12BrNO4S/c1-17-11(14)9-4-2-3-5-10(9)13-6-8(12)7-18(13,15)16/h2-5,8H,6-7H2,1H3. The normalized spacial score (nSPS) is 21.9. The van der Waals surface area contributed by atoms with Crippen molar-refractivity contribution in [2.75, 3.05) is 23.7 Å². The summed E-state index contributed by atoms with van der Waals surface area (Å²) in [5.74, 6) is -0.512. The summed E-state index contributed by atoms with van der Waals surface area (Å²) in [7, 11) is -2.11. The van der Waals surface area contributed by atoms with Crippen LogP contribution in [0.1, 0.15) is 10.4 Å². The van der Waals surface area contributed by atoms with Gasteiger partial charge in [-0.25, -0.2) is 13.2 Å². The summed E-state index contributed by atoms with van der Waals surface area (Å²) < 4.78 is 29.9. The van der Waals surface area contributed by atoms with Gasteiger partial charge in [0.25, 0.3) is 0 Å². The number of ether oxygens (including phenoxy) is 1. The number of para-hydroxylation sites is 1. The van der Waals surface area contributed by atoms with Crippen LogP contribution in [-0.4, -0.2) is 38.6 Å². The second kappa shape index (κ2) is 4.89. The third-order valence-corrected chi connectivity index (χ3v) is 5.55. The molecule has 1 aromatic rings. The zero-order chi connectivity index (χ0) is 13.3. The number of anilines is 1. The molecule has 0 radical (unpaired) electrons. The lowest BCUT2D eigenvalue weighted by atomic mass is 10.2. The molecule has 0 N–H and O–H groups in total. The molecule has 1 fully saturated rings. The number of halogens is 1. The van der Waals surface area contributed by atoms with Crippen LogP contribution in [0.4, 0.5) is 5.69 Å². The molecular formula is C11H12BrNO4S. The first kappa shape index (κ1) is 13.4. The number of esters is 1. The highest BCUT2D eigenvalue weighted by molar-refractivity contribution is 9.09. The first-order valence-corrected chi connectivity index (χ1v) is 7.80. The summed E-state index contributed by atoms with van der Waals surface area (Å²) in [5.41, 5.74) is 0.622. The second-order valence-electron chi connectivity index (χ2n) is 3.92. The molecule has 2 rings (SSSR count). The van der Waals surface area contributed by atoms with E-state index in [-0.39, 0.29) is 16.1 Å². The SMILES string of the molecule is COC(=O)c1ccccc1N1CC(Br)CS1(=O)=O. The van der Waals surface area contributed by atoms with E-state index >= 15 is 0 Å². The maximum absolute atomic E-state index is 12.0. The summed E-state index contributed by atoms with van der Waals surface area (Å²) in [6, 6.07) is 6.52. The smallest absolute Gasteiger partial charge is 0.340 e. The van der Waals surface area contributed by atoms with Gasteiger partial charge in [-0.15, -0.1) is 0 Å². The van der Waals surface area contributed by atoms with Crippen molar-refractivity contribution in [3.63, 3.8) is 0 Å². The Morgan fingerprint density at radius 3 is 2.67 bits per heavy atom. The topological polar surface area (TPSA) is 63.7 Å². The van der Waals surface area contributed by atoms with Gasteiger partial charge in [0.15, 0.2) is 0 Å². The van der Waals surface area contributed by atoms with Crippen molar-refractivity contribution < 1.29 is 17.9 Å². The van der Waals surface area contributed by atoms with Gasteiger partial charge in [0, 0.05) is 11.4 Å². The molecule has 0 amide bonds. The van der Waals surface area contributed by atoms with Crippen LogP contribution in [0.15, 0.2) is 24.3 Å². The Morgan fingerprint density at radius 1 is 1.44 bits per heavy atom. The van der Waals surface area contributed by atoms with Crippen molar-refractivity contribution in [2.24, 2.45) is 0 Å². The zero-order valence-corrected chi connectivity index (χ0v) is 12.1. The molecule has 0 spiro atoms. The van der Waals surface area contributed by atoms with Gasteiger partial charge < -0.3 is 4.74 Å². The molecule has 1 aliphatic heterocycles. The molecular weight excluding hydrogens is 322 g/mol. The predicted octanol–water partition coefficient (Wildman–Crippen LogP) is 1.39. The number of methoxy groups -OCH3 is 1. The number of carbonyl (C=O) groups is 1. The molecule has 1 aliphatic rings. The van der Waals surface area contributed by atoms with Crippen molar-refractivity contribution in [1.29, 1.82) is 0 Å². The van der Waals surface area contributed by atoms with Crippen molar-refractivity contribution in [2.45, 2.75) is 4.83 Å². The van der Waals surface area contributed by atoms with E-state index in [1.807, 2.05) is 0 Å². The van der Waals surface area contributed by atoms with E-state index in [9.17, 15) is 13.2 Å². The third kappa shape index (κ3) is 2.37. The molecule has 0 aliphatic carbocycles. The first-order chi connectivity index (χ1) is 8.45. The fraction of sp³-hybridized carbons (Fsp3) is 0.364. The molecule has 1 unspecified atom stereocenters. The first-order valence-electron chi connectivity index (χ1n) is 5.27. The minimum atomic E-state index is -3.37. The lowest BCUT2D eigenvalue weighted by Crippen LogP contribution is -2.27. The van der Waals surface area contributed by atoms with E-state index < -0.39 is 16.0 Å². The lowest BCUT2D eigenvalue weighted by Gasteiger charge is -2.19. The van der Waals surface area contributed by atoms with Crippen LogP contribution in [0.25, 0.3) is 0 Å². The van der Waals surface area contributed by atoms with E-state index in [0.29, 0.717) is 12.2 Å². The van der Waals surface area contributed by atoms with Crippen LogP contribution in [0, 0.1) is 0 Å². The molecule has 0 saturated carbocycles. The van der Waals surface area contributed by atoms with Crippen molar-refractivity contribution in [3.8, 4) is 0 Å². The number of sulfonamides is 1. The second-order valence-corrected chi connectivity index (χ2v) is 7.15. The number of hydrogen-bond acceptors (Lipinski definition) is 4. The Balaban J connectivity index is 2.49. The van der Waals surface area contributed by atoms with E-state index in [0.717, 1.165) is 0 Å². The van der Waals surface area contributed by atoms with Gasteiger partial charge in [-0.1, -0.05) is 28.1 Å². The largest absolute Gasteiger partial charge is 0.465 e. The molecule has 98 valence electrons. The average Bonchev–Trinajstić information content (AvgIpc) is 2.61. The van der Waals surface area contributed by atoms with Gasteiger partial charge in [0.1, 0.15) is 0 Å². The van der Waals surface area contributed by atoms with Crippen LogP contribution in [0.3, 0.4) is 0 Å². The Bertz CT molecular complexity index is 572. The Morgan fingerprint density at radius 2 is 2.11 bits per heavy atom. The highest BCUT2D eigenvalue weighted by atomic mass is 79.9. The van der Waals surface area contributed by atoms with E-state index in [4.69, 9.17) is 0 Å². The number of hydrogen-bond donors (Lipinski definition) is 0. The molecule has 0 bridgehead atoms. The average molecular weight is 334 g/mol. The zero-order valence-electron chi connectivity index (χ0n) is 9.67. The third-order valence-electron chi connectivity index (χ3n) is 2.67. The maximum Gasteiger partial charge on any atom is 0.340 e. The summed E-state index contributed by atoms with van der Waals surface area (Å²) in [4.78, 5) is 11.5. The van der Waals surface area contributed by atoms with Crippen LogP contribution in [-0.2, 0) is 14.8 Å². The fourth-order valence-electron chi connectivity index (χ4n) is 1.89. The van der Waals surface area contributed by atoms with Crippen LogP contribution in [0.2, 0.25) is 0 Å². The van der Waals surface area contributed by atoms with E-state index in [2.05, 4.69) is 20.7 Å². The van der Waals surface area contributed by atoms with Gasteiger partial charge in [-0.2, -0.15) is 0 Å². The van der Waals surface area contributed by atoms with Crippen molar-refractivity contribution >= 4 is 37.6 Å². The number of rotatable bonds is 2. The maximum atomic E-state index is 12.0. The number of nitrogens with zero attached hydrogens (tertiary/aromatic N) is 1. The van der Waals surface area contributed by atoms with E-state index in [1.54, 1.807) is 24.3 Å². The molecule has 7 heteroatoms. The summed E-state index contributed by atoms with van der Waals surface area (Å²) in [6.07, 6.45) is 0. The molecule has 1 aromatic carbocycles. The summed E-state index contributed by atoms with van der Waals surface area (Å²) in [6.45, 7) is 0.316. The molecule has 1 saturated heterocycles. The quantitative estimate of drug-likeness (QED) is 0.606. The summed E-state index contributed by atoms with van der Waals surface area (Å²) in [5, 5.41) is 0. The lowest BCUT2D eigenvalue weighted by molar-refractivity contribution is 0.0601. The monoisotopic (exact) mass is 333 g/mol. The number of alkyl halides is 1.